The maximum absolute atomic E-state index is 12.8. The highest BCUT2D eigenvalue weighted by atomic mass is 19.1. The summed E-state index contributed by atoms with van der Waals surface area (Å²) < 4.78 is 25.3. The van der Waals surface area contributed by atoms with E-state index in [4.69, 9.17) is 5.84 Å². The zero-order valence-corrected chi connectivity index (χ0v) is 7.86. The van der Waals surface area contributed by atoms with Crippen molar-refractivity contribution in [3.63, 3.8) is 0 Å². The van der Waals surface area contributed by atoms with Crippen molar-refractivity contribution in [3.8, 4) is 0 Å². The molecule has 1 aromatic heterocycles. The minimum atomic E-state index is -0.757. The zero-order chi connectivity index (χ0) is 10.4. The van der Waals surface area contributed by atoms with E-state index >= 15 is 0 Å². The lowest BCUT2D eigenvalue weighted by Crippen LogP contribution is -2.11. The van der Waals surface area contributed by atoms with Crippen LogP contribution in [0.5, 0.6) is 0 Å². The Balaban J connectivity index is 0.000000671. The van der Waals surface area contributed by atoms with Gasteiger partial charge in [-0.2, -0.15) is 0 Å². The summed E-state index contributed by atoms with van der Waals surface area (Å²) in [6.07, 6.45) is 0.910. The molecule has 0 aliphatic heterocycles. The van der Waals surface area contributed by atoms with Crippen molar-refractivity contribution < 1.29 is 8.78 Å². The first-order chi connectivity index (χ1) is 6.16. The largest absolute Gasteiger partial charge is 0.306 e. The summed E-state index contributed by atoms with van der Waals surface area (Å²) in [5.74, 6) is 3.31. The summed E-state index contributed by atoms with van der Waals surface area (Å²) in [6, 6.07) is 0. The van der Waals surface area contributed by atoms with Crippen molar-refractivity contribution in [3.05, 3.63) is 23.4 Å². The first-order valence-electron chi connectivity index (χ1n) is 3.94. The lowest BCUT2D eigenvalue weighted by atomic mass is 10.2. The predicted octanol–water partition coefficient (Wildman–Crippen LogP) is 1.98. The minimum absolute atomic E-state index is 0.0899. The van der Waals surface area contributed by atoms with E-state index in [2.05, 4.69) is 4.98 Å². The fourth-order valence-electron chi connectivity index (χ4n) is 0.658. The molecule has 0 saturated carbocycles. The van der Waals surface area contributed by atoms with E-state index in [0.717, 1.165) is 6.20 Å². The van der Waals surface area contributed by atoms with Crippen LogP contribution >= 0.6 is 0 Å². The van der Waals surface area contributed by atoms with Crippen LogP contribution in [-0.2, 0) is 0 Å². The Morgan fingerprint density at radius 3 is 2.38 bits per heavy atom. The highest BCUT2D eigenvalue weighted by Gasteiger charge is 2.09. The Morgan fingerprint density at radius 2 is 1.92 bits per heavy atom. The molecule has 0 aliphatic rings. The molecular weight excluding hydrogens is 176 g/mol. The molecule has 74 valence electrons. The summed E-state index contributed by atoms with van der Waals surface area (Å²) in [7, 11) is 0. The van der Waals surface area contributed by atoms with Gasteiger partial charge in [0.2, 0.25) is 0 Å². The second-order valence-electron chi connectivity index (χ2n) is 2.04. The van der Waals surface area contributed by atoms with E-state index in [1.807, 2.05) is 19.3 Å². The van der Waals surface area contributed by atoms with Crippen molar-refractivity contribution in [1.82, 2.24) is 4.98 Å². The summed E-state index contributed by atoms with van der Waals surface area (Å²) in [5, 5.41) is 0. The SMILES string of the molecule is CC.Cc1c(F)cnc(NN)c1F. The second kappa shape index (κ2) is 5.42. The molecule has 0 spiro atoms. The van der Waals surface area contributed by atoms with Gasteiger partial charge in [0.25, 0.3) is 0 Å². The van der Waals surface area contributed by atoms with Gasteiger partial charge in [-0.25, -0.2) is 19.6 Å². The molecule has 0 atom stereocenters. The third-order valence-corrected chi connectivity index (χ3v) is 1.34. The third kappa shape index (κ3) is 2.62. The second-order valence-corrected chi connectivity index (χ2v) is 2.04. The van der Waals surface area contributed by atoms with Crippen LogP contribution in [0, 0.1) is 18.6 Å². The molecule has 3 N–H and O–H groups in total. The minimum Gasteiger partial charge on any atom is -0.306 e. The number of nitrogens with zero attached hydrogens (tertiary/aromatic N) is 1. The summed E-state index contributed by atoms with van der Waals surface area (Å²) in [4.78, 5) is 3.37. The maximum Gasteiger partial charge on any atom is 0.176 e. The number of nitrogen functional groups attached to an aromatic ring is 1. The van der Waals surface area contributed by atoms with E-state index < -0.39 is 11.6 Å². The molecule has 1 aromatic rings. The monoisotopic (exact) mass is 189 g/mol. The molecule has 13 heavy (non-hydrogen) atoms. The fraction of sp³-hybridized carbons (Fsp3) is 0.375. The lowest BCUT2D eigenvalue weighted by Gasteiger charge is -2.02. The van der Waals surface area contributed by atoms with Gasteiger partial charge in [0.15, 0.2) is 11.6 Å². The molecule has 0 radical (unpaired) electrons. The van der Waals surface area contributed by atoms with E-state index in [0.29, 0.717) is 0 Å². The zero-order valence-electron chi connectivity index (χ0n) is 7.86. The third-order valence-electron chi connectivity index (χ3n) is 1.34. The molecule has 3 nitrogen and oxygen atoms in total. The van der Waals surface area contributed by atoms with Gasteiger partial charge in [-0.1, -0.05) is 13.8 Å². The van der Waals surface area contributed by atoms with Gasteiger partial charge in [-0.05, 0) is 6.92 Å². The Morgan fingerprint density at radius 1 is 1.38 bits per heavy atom. The molecule has 0 bridgehead atoms. The number of halogens is 2. The summed E-state index contributed by atoms with van der Waals surface area (Å²) in [5.41, 5.74) is 1.92. The van der Waals surface area contributed by atoms with Gasteiger partial charge in [0.1, 0.15) is 5.82 Å². The van der Waals surface area contributed by atoms with Gasteiger partial charge in [0, 0.05) is 5.56 Å². The van der Waals surface area contributed by atoms with Crippen LogP contribution in [0.3, 0.4) is 0 Å². The Labute approximate surface area is 75.9 Å². The van der Waals surface area contributed by atoms with Gasteiger partial charge in [0.05, 0.1) is 6.20 Å². The van der Waals surface area contributed by atoms with Crippen LogP contribution in [0.1, 0.15) is 19.4 Å². The predicted molar refractivity (Wildman–Crippen MR) is 48.0 cm³/mol. The normalized spacial score (nSPS) is 8.77. The highest BCUT2D eigenvalue weighted by molar-refractivity contribution is 5.38. The number of nitrogens with one attached hydrogen (secondary N) is 1. The van der Waals surface area contributed by atoms with Crippen LogP contribution < -0.4 is 11.3 Å². The molecule has 0 saturated heterocycles. The molecule has 5 heteroatoms. The first-order valence-corrected chi connectivity index (χ1v) is 3.94. The number of hydrogen-bond acceptors (Lipinski definition) is 3. The number of hydrogen-bond donors (Lipinski definition) is 2. The Bertz CT molecular complexity index is 276. The number of hydrazine groups is 1. The molecular formula is C8H13F2N3. The Kier molecular flexibility index (Phi) is 4.91. The maximum atomic E-state index is 12.8. The van der Waals surface area contributed by atoms with Crippen LogP contribution in [0.15, 0.2) is 6.20 Å². The average molecular weight is 189 g/mol. The van der Waals surface area contributed by atoms with Gasteiger partial charge < -0.3 is 5.43 Å². The van der Waals surface area contributed by atoms with Crippen LogP contribution in [0.2, 0.25) is 0 Å². The number of pyridine rings is 1. The quantitative estimate of drug-likeness (QED) is 0.524. The van der Waals surface area contributed by atoms with Crippen molar-refractivity contribution in [2.24, 2.45) is 5.84 Å². The number of nitrogens with two attached hydrogens (primary N) is 1. The first kappa shape index (κ1) is 11.8. The van der Waals surface area contributed by atoms with Crippen molar-refractivity contribution >= 4 is 5.82 Å². The van der Waals surface area contributed by atoms with Gasteiger partial charge in [-0.15, -0.1) is 0 Å². The van der Waals surface area contributed by atoms with Gasteiger partial charge in [-0.3, -0.25) is 0 Å². The van der Waals surface area contributed by atoms with E-state index in [-0.39, 0.29) is 11.4 Å². The fourth-order valence-corrected chi connectivity index (χ4v) is 0.658. The van der Waals surface area contributed by atoms with E-state index in [1.54, 1.807) is 0 Å². The molecule has 0 amide bonds. The number of anilines is 1. The van der Waals surface area contributed by atoms with E-state index in [9.17, 15) is 8.78 Å². The molecule has 0 aliphatic carbocycles. The summed E-state index contributed by atoms with van der Waals surface area (Å²) >= 11 is 0. The van der Waals surface area contributed by atoms with Gasteiger partial charge >= 0.3 is 0 Å². The highest BCUT2D eigenvalue weighted by Crippen LogP contribution is 2.15. The van der Waals surface area contributed by atoms with E-state index in [1.165, 1.54) is 6.92 Å². The molecule has 1 rings (SSSR count). The van der Waals surface area contributed by atoms with Crippen LogP contribution in [0.25, 0.3) is 0 Å². The van der Waals surface area contributed by atoms with Crippen molar-refractivity contribution in [2.75, 3.05) is 5.43 Å². The topological polar surface area (TPSA) is 50.9 Å². The van der Waals surface area contributed by atoms with Crippen molar-refractivity contribution in [2.45, 2.75) is 20.8 Å². The van der Waals surface area contributed by atoms with Crippen molar-refractivity contribution in [1.29, 1.82) is 0 Å². The number of aromatic nitrogens is 1. The summed E-state index contributed by atoms with van der Waals surface area (Å²) in [6.45, 7) is 5.31. The molecule has 1 heterocycles. The number of rotatable bonds is 1. The molecule has 0 aromatic carbocycles. The average Bonchev–Trinajstić information content (AvgIpc) is 2.18. The molecule has 0 unspecified atom stereocenters. The lowest BCUT2D eigenvalue weighted by molar-refractivity contribution is 0.561. The molecule has 0 fully saturated rings. The van der Waals surface area contributed by atoms with Crippen LogP contribution in [-0.4, -0.2) is 4.98 Å². The van der Waals surface area contributed by atoms with Crippen LogP contribution in [0.4, 0.5) is 14.6 Å². The Hall–Kier alpha value is -1.23. The standard InChI is InChI=1S/C6H7F2N3.C2H6/c1-3-4(7)2-10-6(11-9)5(3)8;1-2/h2H,9H2,1H3,(H,10,11);1-2H3. The smallest absolute Gasteiger partial charge is 0.176 e.